The van der Waals surface area contributed by atoms with Gasteiger partial charge in [-0.05, 0) is 31.0 Å². The van der Waals surface area contributed by atoms with Crippen LogP contribution in [-0.4, -0.2) is 6.54 Å². The molecule has 0 aliphatic carbocycles. The Morgan fingerprint density at radius 3 is 2.53 bits per heavy atom. The lowest BCUT2D eigenvalue weighted by Crippen LogP contribution is -2.29. The van der Waals surface area contributed by atoms with Crippen LogP contribution in [0.5, 0.6) is 0 Å². The quantitative estimate of drug-likeness (QED) is 0.679. The molecule has 1 N–H and O–H groups in total. The van der Waals surface area contributed by atoms with E-state index >= 15 is 0 Å². The second-order valence-electron chi connectivity index (χ2n) is 5.01. The number of hydrogen-bond acceptors (Lipinski definition) is 1. The zero-order chi connectivity index (χ0) is 14.3. The maximum Gasteiger partial charge on any atom is 0.129 e. The predicted octanol–water partition coefficient (Wildman–Crippen LogP) is 5.35. The van der Waals surface area contributed by atoms with Crippen LogP contribution < -0.4 is 5.32 Å². The van der Waals surface area contributed by atoms with Gasteiger partial charge in [-0.3, -0.25) is 0 Å². The van der Waals surface area contributed by atoms with E-state index in [9.17, 15) is 4.39 Å². The summed E-state index contributed by atoms with van der Waals surface area (Å²) in [7, 11) is 0. The number of hydrogen-bond donors (Lipinski definition) is 1. The molecule has 1 aromatic rings. The van der Waals surface area contributed by atoms with Gasteiger partial charge in [-0.15, -0.1) is 0 Å². The van der Waals surface area contributed by atoms with Crippen molar-refractivity contribution in [3.05, 3.63) is 34.6 Å². The number of unbranched alkanes of at least 4 members (excludes halogenated alkanes) is 1. The van der Waals surface area contributed by atoms with E-state index in [1.165, 1.54) is 18.9 Å². The highest BCUT2D eigenvalue weighted by atomic mass is 35.5. The summed E-state index contributed by atoms with van der Waals surface area (Å²) in [6.45, 7) is 7.28. The van der Waals surface area contributed by atoms with E-state index in [0.29, 0.717) is 10.9 Å². The Morgan fingerprint density at radius 1 is 1.26 bits per heavy atom. The molecule has 0 saturated heterocycles. The average Bonchev–Trinajstić information content (AvgIpc) is 2.39. The Labute approximate surface area is 121 Å². The molecule has 0 spiro atoms. The van der Waals surface area contributed by atoms with E-state index in [0.717, 1.165) is 24.9 Å². The van der Waals surface area contributed by atoms with Crippen molar-refractivity contribution < 1.29 is 4.39 Å². The molecule has 1 rings (SSSR count). The van der Waals surface area contributed by atoms with E-state index in [1.807, 2.05) is 6.07 Å². The van der Waals surface area contributed by atoms with Crippen molar-refractivity contribution >= 4 is 11.6 Å². The van der Waals surface area contributed by atoms with E-state index in [-0.39, 0.29) is 11.9 Å². The monoisotopic (exact) mass is 285 g/mol. The van der Waals surface area contributed by atoms with E-state index < -0.39 is 0 Å². The smallest absolute Gasteiger partial charge is 0.129 e. The molecule has 108 valence electrons. The SMILES string of the molecule is CCCCC(CC)C(NCC)c1ccc(Cl)cc1F. The van der Waals surface area contributed by atoms with Crippen molar-refractivity contribution in [3.63, 3.8) is 0 Å². The fourth-order valence-electron chi connectivity index (χ4n) is 2.58. The van der Waals surface area contributed by atoms with Gasteiger partial charge < -0.3 is 5.32 Å². The molecule has 2 atom stereocenters. The van der Waals surface area contributed by atoms with Crippen LogP contribution in [0.3, 0.4) is 0 Å². The standard InChI is InChI=1S/C16H25ClFN/c1-4-7-8-12(5-2)16(19-6-3)14-10-9-13(17)11-15(14)18/h9-12,16,19H,4-8H2,1-3H3. The molecule has 0 saturated carbocycles. The van der Waals surface area contributed by atoms with Crippen molar-refractivity contribution in [1.82, 2.24) is 5.32 Å². The summed E-state index contributed by atoms with van der Waals surface area (Å²) in [4.78, 5) is 0. The summed E-state index contributed by atoms with van der Waals surface area (Å²) in [5, 5.41) is 3.89. The molecule has 0 aromatic heterocycles. The maximum atomic E-state index is 14.1. The molecular formula is C16H25ClFN. The fourth-order valence-corrected chi connectivity index (χ4v) is 2.74. The van der Waals surface area contributed by atoms with Crippen molar-refractivity contribution in [2.24, 2.45) is 5.92 Å². The molecule has 0 radical (unpaired) electrons. The zero-order valence-corrected chi connectivity index (χ0v) is 12.9. The van der Waals surface area contributed by atoms with Gasteiger partial charge in [0.05, 0.1) is 0 Å². The Hall–Kier alpha value is -0.600. The number of benzene rings is 1. The van der Waals surface area contributed by atoms with Crippen LogP contribution in [0.4, 0.5) is 4.39 Å². The maximum absolute atomic E-state index is 14.1. The van der Waals surface area contributed by atoms with E-state index in [1.54, 1.807) is 6.07 Å². The van der Waals surface area contributed by atoms with E-state index in [4.69, 9.17) is 11.6 Å². The van der Waals surface area contributed by atoms with Crippen LogP contribution in [-0.2, 0) is 0 Å². The topological polar surface area (TPSA) is 12.0 Å². The molecular weight excluding hydrogens is 261 g/mol. The number of nitrogens with one attached hydrogen (secondary N) is 1. The number of rotatable bonds is 8. The minimum absolute atomic E-state index is 0.0822. The molecule has 1 aromatic carbocycles. The third kappa shape index (κ3) is 4.77. The Balaban J connectivity index is 2.96. The minimum atomic E-state index is -0.201. The lowest BCUT2D eigenvalue weighted by atomic mass is 9.86. The lowest BCUT2D eigenvalue weighted by molar-refractivity contribution is 0.320. The molecule has 0 aliphatic rings. The normalized spacial score (nSPS) is 14.4. The van der Waals surface area contributed by atoms with Gasteiger partial charge in [0.2, 0.25) is 0 Å². The summed E-state index contributed by atoms with van der Waals surface area (Å²) in [5.74, 6) is 0.268. The molecule has 0 fully saturated rings. The average molecular weight is 286 g/mol. The Bertz CT molecular complexity index is 381. The van der Waals surface area contributed by atoms with Crippen LogP contribution in [0.1, 0.15) is 58.1 Å². The predicted molar refractivity (Wildman–Crippen MR) is 81.1 cm³/mol. The summed E-state index contributed by atoms with van der Waals surface area (Å²) in [6.07, 6.45) is 4.56. The van der Waals surface area contributed by atoms with Crippen LogP contribution in [0, 0.1) is 11.7 Å². The summed E-state index contributed by atoms with van der Waals surface area (Å²) < 4.78 is 14.1. The fraction of sp³-hybridized carbons (Fsp3) is 0.625. The van der Waals surface area contributed by atoms with Gasteiger partial charge in [-0.25, -0.2) is 4.39 Å². The van der Waals surface area contributed by atoms with E-state index in [2.05, 4.69) is 26.1 Å². The van der Waals surface area contributed by atoms with Gasteiger partial charge in [-0.1, -0.05) is 57.7 Å². The van der Waals surface area contributed by atoms with Crippen LogP contribution in [0.25, 0.3) is 0 Å². The third-order valence-electron chi connectivity index (χ3n) is 3.65. The third-order valence-corrected chi connectivity index (χ3v) is 3.88. The first kappa shape index (κ1) is 16.5. The van der Waals surface area contributed by atoms with Gasteiger partial charge >= 0.3 is 0 Å². The van der Waals surface area contributed by atoms with Crippen molar-refractivity contribution in [3.8, 4) is 0 Å². The first-order valence-corrected chi connectivity index (χ1v) is 7.70. The highest BCUT2D eigenvalue weighted by Crippen LogP contribution is 2.31. The first-order chi connectivity index (χ1) is 9.13. The summed E-state index contributed by atoms with van der Waals surface area (Å²) in [5.41, 5.74) is 0.745. The Kier molecular flexibility index (Phi) is 7.40. The van der Waals surface area contributed by atoms with Gasteiger partial charge in [-0.2, -0.15) is 0 Å². The highest BCUT2D eigenvalue weighted by molar-refractivity contribution is 6.30. The first-order valence-electron chi connectivity index (χ1n) is 7.32. The molecule has 0 bridgehead atoms. The number of halogens is 2. The molecule has 3 heteroatoms. The van der Waals surface area contributed by atoms with Crippen molar-refractivity contribution in [1.29, 1.82) is 0 Å². The van der Waals surface area contributed by atoms with Crippen LogP contribution in [0.15, 0.2) is 18.2 Å². The van der Waals surface area contributed by atoms with Gasteiger partial charge in [0.25, 0.3) is 0 Å². The molecule has 2 unspecified atom stereocenters. The Morgan fingerprint density at radius 2 is 2.00 bits per heavy atom. The molecule has 0 aliphatic heterocycles. The van der Waals surface area contributed by atoms with Crippen molar-refractivity contribution in [2.45, 2.75) is 52.5 Å². The second-order valence-corrected chi connectivity index (χ2v) is 5.45. The molecule has 0 amide bonds. The van der Waals surface area contributed by atoms with Gasteiger partial charge in [0, 0.05) is 16.6 Å². The van der Waals surface area contributed by atoms with Crippen LogP contribution >= 0.6 is 11.6 Å². The second kappa shape index (κ2) is 8.55. The molecule has 0 heterocycles. The molecule has 19 heavy (non-hydrogen) atoms. The summed E-state index contributed by atoms with van der Waals surface area (Å²) in [6, 6.07) is 5.09. The molecule has 1 nitrogen and oxygen atoms in total. The zero-order valence-electron chi connectivity index (χ0n) is 12.2. The highest BCUT2D eigenvalue weighted by Gasteiger charge is 2.23. The minimum Gasteiger partial charge on any atom is -0.310 e. The summed E-state index contributed by atoms with van der Waals surface area (Å²) >= 11 is 5.84. The largest absolute Gasteiger partial charge is 0.310 e. The van der Waals surface area contributed by atoms with Crippen LogP contribution in [0.2, 0.25) is 5.02 Å². The van der Waals surface area contributed by atoms with Crippen molar-refractivity contribution in [2.75, 3.05) is 6.54 Å². The lowest BCUT2D eigenvalue weighted by Gasteiger charge is -2.28. The van der Waals surface area contributed by atoms with Gasteiger partial charge in [0.15, 0.2) is 0 Å². The van der Waals surface area contributed by atoms with Gasteiger partial charge in [0.1, 0.15) is 5.82 Å².